The number of rotatable bonds is 5. The van der Waals surface area contributed by atoms with Crippen molar-refractivity contribution in [3.05, 3.63) is 41.5 Å². The number of aromatic nitrogens is 2. The zero-order chi connectivity index (χ0) is 13.7. The number of methoxy groups -OCH3 is 2. The largest absolute Gasteiger partial charge is 0.496 e. The molecule has 6 nitrogen and oxygen atoms in total. The first-order valence-corrected chi connectivity index (χ1v) is 5.73. The Morgan fingerprint density at radius 2 is 2.11 bits per heavy atom. The minimum atomic E-state index is -0.410. The lowest BCUT2D eigenvalue weighted by molar-refractivity contribution is -0.140. The van der Waals surface area contributed by atoms with E-state index >= 15 is 0 Å². The van der Waals surface area contributed by atoms with E-state index in [4.69, 9.17) is 9.26 Å². The van der Waals surface area contributed by atoms with Gasteiger partial charge in [0.1, 0.15) is 12.2 Å². The summed E-state index contributed by atoms with van der Waals surface area (Å²) in [5, 5.41) is 3.82. The third-order valence-electron chi connectivity index (χ3n) is 2.57. The summed E-state index contributed by atoms with van der Waals surface area (Å²) in [5.74, 6) is 1.11. The molecule has 0 aliphatic carbocycles. The lowest BCUT2D eigenvalue weighted by atomic mass is 10.1. The summed E-state index contributed by atoms with van der Waals surface area (Å²) < 4.78 is 14.8. The molecule has 0 aliphatic rings. The van der Waals surface area contributed by atoms with Crippen molar-refractivity contribution < 1.29 is 18.8 Å². The van der Waals surface area contributed by atoms with Gasteiger partial charge in [-0.05, 0) is 6.07 Å². The van der Waals surface area contributed by atoms with Crippen LogP contribution in [0.2, 0.25) is 0 Å². The van der Waals surface area contributed by atoms with Crippen LogP contribution in [-0.4, -0.2) is 30.3 Å². The summed E-state index contributed by atoms with van der Waals surface area (Å²) in [4.78, 5) is 15.2. The normalized spacial score (nSPS) is 10.2. The number of benzene rings is 1. The molecule has 0 radical (unpaired) electrons. The first kappa shape index (κ1) is 13.1. The molecule has 0 bridgehead atoms. The molecule has 100 valence electrons. The zero-order valence-corrected chi connectivity index (χ0v) is 10.8. The third-order valence-corrected chi connectivity index (χ3v) is 2.57. The van der Waals surface area contributed by atoms with E-state index < -0.39 is 5.97 Å². The van der Waals surface area contributed by atoms with Crippen molar-refractivity contribution in [2.75, 3.05) is 14.2 Å². The summed E-state index contributed by atoms with van der Waals surface area (Å²) in [6.07, 6.45) is 0.462. The second-order valence-electron chi connectivity index (χ2n) is 3.85. The number of carbonyl (C=O) groups excluding carboxylic acids is 1. The molecule has 0 atom stereocenters. The first-order valence-electron chi connectivity index (χ1n) is 5.73. The monoisotopic (exact) mass is 262 g/mol. The summed E-state index contributed by atoms with van der Waals surface area (Å²) in [5.41, 5.74) is 0.954. The van der Waals surface area contributed by atoms with Crippen LogP contribution in [0.5, 0.6) is 5.75 Å². The molecular weight excluding hydrogens is 248 g/mol. The number of ether oxygens (including phenoxy) is 2. The molecule has 0 spiro atoms. The number of hydrogen-bond acceptors (Lipinski definition) is 6. The zero-order valence-electron chi connectivity index (χ0n) is 10.8. The molecule has 2 rings (SSSR count). The Bertz CT molecular complexity index is 565. The molecule has 1 heterocycles. The van der Waals surface area contributed by atoms with Gasteiger partial charge in [0.05, 0.1) is 14.2 Å². The van der Waals surface area contributed by atoms with Crippen molar-refractivity contribution in [3.63, 3.8) is 0 Å². The molecule has 2 aromatic rings. The van der Waals surface area contributed by atoms with Crippen LogP contribution in [0, 0.1) is 0 Å². The fourth-order valence-electron chi connectivity index (χ4n) is 1.65. The van der Waals surface area contributed by atoms with Gasteiger partial charge < -0.3 is 14.0 Å². The molecule has 0 saturated carbocycles. The van der Waals surface area contributed by atoms with Gasteiger partial charge in [0.25, 0.3) is 0 Å². The molecule has 0 fully saturated rings. The third kappa shape index (κ3) is 3.31. The van der Waals surface area contributed by atoms with Gasteiger partial charge in [-0.25, -0.2) is 0 Å². The maximum Gasteiger partial charge on any atom is 0.315 e. The van der Waals surface area contributed by atoms with Crippen LogP contribution >= 0.6 is 0 Å². The first-order chi connectivity index (χ1) is 9.22. The minimum absolute atomic E-state index is 0.0184. The summed E-state index contributed by atoms with van der Waals surface area (Å²) in [6.45, 7) is 0. The van der Waals surface area contributed by atoms with Crippen molar-refractivity contribution in [1.82, 2.24) is 10.1 Å². The SMILES string of the molecule is COC(=O)Cc1nc(Cc2ccccc2OC)no1. The Balaban J connectivity index is 2.09. The minimum Gasteiger partial charge on any atom is -0.496 e. The van der Waals surface area contributed by atoms with Gasteiger partial charge in [-0.15, -0.1) is 0 Å². The van der Waals surface area contributed by atoms with Gasteiger partial charge in [0.15, 0.2) is 5.82 Å². The Morgan fingerprint density at radius 3 is 2.84 bits per heavy atom. The molecule has 1 aromatic heterocycles. The van der Waals surface area contributed by atoms with Gasteiger partial charge in [-0.2, -0.15) is 4.98 Å². The lowest BCUT2D eigenvalue weighted by Gasteiger charge is -2.04. The second kappa shape index (κ2) is 5.99. The number of para-hydroxylation sites is 1. The highest BCUT2D eigenvalue weighted by atomic mass is 16.5. The Kier molecular flexibility index (Phi) is 4.12. The van der Waals surface area contributed by atoms with Crippen LogP contribution in [0.4, 0.5) is 0 Å². The second-order valence-corrected chi connectivity index (χ2v) is 3.85. The van der Waals surface area contributed by atoms with E-state index in [1.165, 1.54) is 7.11 Å². The molecular formula is C13H14N2O4. The average Bonchev–Trinajstić information content (AvgIpc) is 2.86. The Hall–Kier alpha value is -2.37. The van der Waals surface area contributed by atoms with Crippen LogP contribution in [0.3, 0.4) is 0 Å². The van der Waals surface area contributed by atoms with Gasteiger partial charge in [0.2, 0.25) is 5.89 Å². The quantitative estimate of drug-likeness (QED) is 0.758. The van der Waals surface area contributed by atoms with Gasteiger partial charge >= 0.3 is 5.97 Å². The van der Waals surface area contributed by atoms with Gasteiger partial charge in [-0.1, -0.05) is 23.4 Å². The Morgan fingerprint density at radius 1 is 1.32 bits per heavy atom. The van der Waals surface area contributed by atoms with E-state index in [2.05, 4.69) is 14.9 Å². The fraction of sp³-hybridized carbons (Fsp3) is 0.308. The maximum absolute atomic E-state index is 11.1. The highest BCUT2D eigenvalue weighted by Gasteiger charge is 2.13. The van der Waals surface area contributed by atoms with Crippen molar-refractivity contribution in [2.45, 2.75) is 12.8 Å². The van der Waals surface area contributed by atoms with E-state index in [1.54, 1.807) is 7.11 Å². The molecule has 1 aromatic carbocycles. The number of nitrogens with zero attached hydrogens (tertiary/aromatic N) is 2. The lowest BCUT2D eigenvalue weighted by Crippen LogP contribution is -2.04. The smallest absolute Gasteiger partial charge is 0.315 e. The number of hydrogen-bond donors (Lipinski definition) is 0. The summed E-state index contributed by atoms with van der Waals surface area (Å²) in [6, 6.07) is 7.59. The molecule has 19 heavy (non-hydrogen) atoms. The fourth-order valence-corrected chi connectivity index (χ4v) is 1.65. The van der Waals surface area contributed by atoms with Gasteiger partial charge in [0, 0.05) is 12.0 Å². The molecule has 6 heteroatoms. The van der Waals surface area contributed by atoms with Crippen LogP contribution in [0.15, 0.2) is 28.8 Å². The predicted molar refractivity (Wildman–Crippen MR) is 65.8 cm³/mol. The van der Waals surface area contributed by atoms with Crippen molar-refractivity contribution in [2.24, 2.45) is 0 Å². The van der Waals surface area contributed by atoms with Crippen LogP contribution < -0.4 is 4.74 Å². The number of esters is 1. The maximum atomic E-state index is 11.1. The van der Waals surface area contributed by atoms with E-state index in [-0.39, 0.29) is 12.3 Å². The summed E-state index contributed by atoms with van der Waals surface area (Å²) in [7, 11) is 2.92. The highest BCUT2D eigenvalue weighted by molar-refractivity contribution is 5.71. The van der Waals surface area contributed by atoms with Crippen molar-refractivity contribution in [3.8, 4) is 5.75 Å². The van der Waals surface area contributed by atoms with E-state index in [0.29, 0.717) is 12.2 Å². The standard InChI is InChI=1S/C13H14N2O4/c1-17-10-6-4-3-5-9(10)7-11-14-12(19-15-11)8-13(16)18-2/h3-6H,7-8H2,1-2H3. The molecule has 0 unspecified atom stereocenters. The Labute approximate surface area is 110 Å². The molecule has 0 N–H and O–H groups in total. The van der Waals surface area contributed by atoms with Crippen LogP contribution in [0.1, 0.15) is 17.3 Å². The topological polar surface area (TPSA) is 74.5 Å². The summed E-state index contributed by atoms with van der Waals surface area (Å²) >= 11 is 0. The van der Waals surface area contributed by atoms with E-state index in [0.717, 1.165) is 11.3 Å². The van der Waals surface area contributed by atoms with E-state index in [9.17, 15) is 4.79 Å². The van der Waals surface area contributed by atoms with Crippen LogP contribution in [-0.2, 0) is 22.4 Å². The highest BCUT2D eigenvalue weighted by Crippen LogP contribution is 2.19. The average molecular weight is 262 g/mol. The number of carbonyl (C=O) groups is 1. The van der Waals surface area contributed by atoms with Gasteiger partial charge in [-0.3, -0.25) is 4.79 Å². The van der Waals surface area contributed by atoms with Crippen LogP contribution in [0.25, 0.3) is 0 Å². The molecule has 0 aliphatic heterocycles. The van der Waals surface area contributed by atoms with Crippen molar-refractivity contribution >= 4 is 5.97 Å². The van der Waals surface area contributed by atoms with E-state index in [1.807, 2.05) is 24.3 Å². The molecule has 0 saturated heterocycles. The van der Waals surface area contributed by atoms with Crippen molar-refractivity contribution in [1.29, 1.82) is 0 Å². The molecule has 0 amide bonds. The predicted octanol–water partition coefficient (Wildman–Crippen LogP) is 1.38.